The highest BCUT2D eigenvalue weighted by atomic mass is 35.5. The van der Waals surface area contributed by atoms with Crippen molar-refractivity contribution < 1.29 is 27.4 Å². The van der Waals surface area contributed by atoms with Crippen molar-refractivity contribution in [3.63, 3.8) is 0 Å². The maximum atomic E-state index is 13.2. The molecule has 1 N–H and O–H groups in total. The van der Waals surface area contributed by atoms with Gasteiger partial charge in [-0.3, -0.25) is 4.79 Å². The lowest BCUT2D eigenvalue weighted by Gasteiger charge is -2.18. The van der Waals surface area contributed by atoms with Crippen molar-refractivity contribution in [2.45, 2.75) is 20.0 Å². The number of carbonyl (C=O) groups is 1. The average Bonchev–Trinajstić information content (AvgIpc) is 3.09. The van der Waals surface area contributed by atoms with E-state index in [2.05, 4.69) is 5.32 Å². The maximum absolute atomic E-state index is 13.2. The number of rotatable bonds is 4. The molecule has 0 spiro atoms. The molecule has 35 heavy (non-hydrogen) atoms. The third-order valence-electron chi connectivity index (χ3n) is 5.45. The molecule has 0 fully saturated rings. The van der Waals surface area contributed by atoms with Gasteiger partial charge in [0.2, 0.25) is 0 Å². The zero-order chi connectivity index (χ0) is 25.3. The molecule has 0 atom stereocenters. The lowest BCUT2D eigenvalue weighted by Crippen LogP contribution is -2.17. The first kappa shape index (κ1) is 24.2. The van der Waals surface area contributed by atoms with Crippen molar-refractivity contribution in [2.75, 3.05) is 18.5 Å². The van der Waals surface area contributed by atoms with Crippen molar-refractivity contribution >= 4 is 29.3 Å². The molecular formula is C25H19ClF3N3O3. The van der Waals surface area contributed by atoms with Crippen LogP contribution in [0.2, 0.25) is 5.02 Å². The summed E-state index contributed by atoms with van der Waals surface area (Å²) in [6.45, 7) is 4.19. The monoisotopic (exact) mass is 501 g/mol. The van der Waals surface area contributed by atoms with E-state index in [1.807, 2.05) is 6.07 Å². The maximum Gasteiger partial charge on any atom is 0.416 e. The molecule has 0 bridgehead atoms. The number of alkyl halides is 3. The molecule has 180 valence electrons. The van der Waals surface area contributed by atoms with Crippen LogP contribution in [0.25, 0.3) is 11.8 Å². The number of hydrogen-bond acceptors (Lipinski definition) is 4. The molecule has 0 radical (unpaired) electrons. The van der Waals surface area contributed by atoms with E-state index in [-0.39, 0.29) is 16.3 Å². The molecule has 1 aliphatic heterocycles. The second kappa shape index (κ2) is 9.39. The van der Waals surface area contributed by atoms with Gasteiger partial charge in [0.1, 0.15) is 24.9 Å². The highest BCUT2D eigenvalue weighted by Crippen LogP contribution is 2.35. The summed E-state index contributed by atoms with van der Waals surface area (Å²) >= 11 is 6.22. The van der Waals surface area contributed by atoms with E-state index in [1.165, 1.54) is 12.1 Å². The number of nitriles is 1. The number of amides is 1. The standard InChI is InChI=1S/C25H19ClF3N3O3/c1-14-9-16(15(2)32(14)21-11-18(25(27,28)29)3-5-20(21)26)10-17(13-30)24(33)31-19-4-6-22-23(12-19)35-8-7-34-22/h3-6,9-12H,7-8H2,1-2H3,(H,31,33)/b17-10+. The van der Waals surface area contributed by atoms with Gasteiger partial charge in [-0.2, -0.15) is 18.4 Å². The van der Waals surface area contributed by atoms with E-state index in [1.54, 1.807) is 42.7 Å². The van der Waals surface area contributed by atoms with Gasteiger partial charge in [0.05, 0.1) is 16.3 Å². The molecule has 10 heteroatoms. The van der Waals surface area contributed by atoms with Crippen molar-refractivity contribution in [3.8, 4) is 23.3 Å². The highest BCUT2D eigenvalue weighted by molar-refractivity contribution is 6.32. The third kappa shape index (κ3) is 4.98. The molecule has 6 nitrogen and oxygen atoms in total. The SMILES string of the molecule is Cc1cc(/C=C(\C#N)C(=O)Nc2ccc3c(c2)OCCO3)c(C)n1-c1cc(C(F)(F)F)ccc1Cl. The van der Waals surface area contributed by atoms with Gasteiger partial charge in [0.25, 0.3) is 5.91 Å². The second-order valence-corrected chi connectivity index (χ2v) is 8.22. The fraction of sp³-hybridized carbons (Fsp3) is 0.200. The van der Waals surface area contributed by atoms with E-state index in [9.17, 15) is 23.2 Å². The van der Waals surface area contributed by atoms with Crippen LogP contribution in [0.1, 0.15) is 22.5 Å². The number of anilines is 1. The van der Waals surface area contributed by atoms with Crippen molar-refractivity contribution in [1.29, 1.82) is 5.26 Å². The van der Waals surface area contributed by atoms with Crippen LogP contribution in [-0.2, 0) is 11.0 Å². The smallest absolute Gasteiger partial charge is 0.416 e. The number of benzene rings is 2. The quantitative estimate of drug-likeness (QED) is 0.347. The predicted molar refractivity (Wildman–Crippen MR) is 125 cm³/mol. The molecule has 3 aromatic rings. The van der Waals surface area contributed by atoms with Gasteiger partial charge in [-0.25, -0.2) is 0 Å². The molecule has 1 amide bonds. The van der Waals surface area contributed by atoms with Gasteiger partial charge in [0.15, 0.2) is 11.5 Å². The molecule has 0 saturated carbocycles. The molecule has 0 unspecified atom stereocenters. The Morgan fingerprint density at radius 1 is 1.11 bits per heavy atom. The number of carbonyl (C=O) groups excluding carboxylic acids is 1. The first-order chi connectivity index (χ1) is 16.6. The van der Waals surface area contributed by atoms with Crippen LogP contribution in [0.5, 0.6) is 11.5 Å². The summed E-state index contributed by atoms with van der Waals surface area (Å²) in [5, 5.41) is 12.4. The summed E-state index contributed by atoms with van der Waals surface area (Å²) in [5.74, 6) is 0.398. The number of nitrogens with one attached hydrogen (secondary N) is 1. The third-order valence-corrected chi connectivity index (χ3v) is 5.77. The molecule has 2 heterocycles. The Bertz CT molecular complexity index is 1390. The minimum Gasteiger partial charge on any atom is -0.486 e. The van der Waals surface area contributed by atoms with Gasteiger partial charge in [0, 0.05) is 23.1 Å². The second-order valence-electron chi connectivity index (χ2n) is 7.81. The topological polar surface area (TPSA) is 76.3 Å². The predicted octanol–water partition coefficient (Wildman–Crippen LogP) is 6.08. The molecule has 1 aromatic heterocycles. The lowest BCUT2D eigenvalue weighted by atomic mass is 10.1. The molecule has 1 aliphatic rings. The Morgan fingerprint density at radius 2 is 1.83 bits per heavy atom. The number of hydrogen-bond donors (Lipinski definition) is 1. The molecule has 0 saturated heterocycles. The Labute approximate surface area is 204 Å². The zero-order valence-electron chi connectivity index (χ0n) is 18.7. The first-order valence-corrected chi connectivity index (χ1v) is 10.8. The van der Waals surface area contributed by atoms with E-state index in [4.69, 9.17) is 21.1 Å². The highest BCUT2D eigenvalue weighted by Gasteiger charge is 2.31. The van der Waals surface area contributed by atoms with Crippen LogP contribution in [0.3, 0.4) is 0 Å². The Kier molecular flexibility index (Phi) is 6.50. The summed E-state index contributed by atoms with van der Waals surface area (Å²) in [6.07, 6.45) is -3.15. The van der Waals surface area contributed by atoms with Crippen LogP contribution in [0, 0.1) is 25.2 Å². The zero-order valence-corrected chi connectivity index (χ0v) is 19.4. The lowest BCUT2D eigenvalue weighted by molar-refractivity contribution is -0.137. The minimum atomic E-state index is -4.53. The van der Waals surface area contributed by atoms with Gasteiger partial charge < -0.3 is 19.4 Å². The van der Waals surface area contributed by atoms with Crippen LogP contribution < -0.4 is 14.8 Å². The minimum absolute atomic E-state index is 0.132. The molecule has 2 aromatic carbocycles. The fourth-order valence-corrected chi connectivity index (χ4v) is 3.99. The summed E-state index contributed by atoms with van der Waals surface area (Å²) in [6, 6.07) is 11.5. The first-order valence-electron chi connectivity index (χ1n) is 10.5. The summed E-state index contributed by atoms with van der Waals surface area (Å²) in [7, 11) is 0. The van der Waals surface area contributed by atoms with Crippen LogP contribution in [0.4, 0.5) is 18.9 Å². The fourth-order valence-electron chi connectivity index (χ4n) is 3.79. The van der Waals surface area contributed by atoms with Crippen LogP contribution in [-0.4, -0.2) is 23.7 Å². The number of halogens is 4. The van der Waals surface area contributed by atoms with Crippen LogP contribution >= 0.6 is 11.6 Å². The van der Waals surface area contributed by atoms with E-state index >= 15 is 0 Å². The number of aromatic nitrogens is 1. The van der Waals surface area contributed by atoms with Crippen LogP contribution in [0.15, 0.2) is 48.0 Å². The summed E-state index contributed by atoms with van der Waals surface area (Å²) < 4.78 is 52.2. The largest absolute Gasteiger partial charge is 0.486 e. The van der Waals surface area contributed by atoms with Gasteiger partial charge in [-0.1, -0.05) is 11.6 Å². The normalized spacial score (nSPS) is 13.3. The number of nitrogens with zero attached hydrogens (tertiary/aromatic N) is 2. The molecule has 0 aliphatic carbocycles. The van der Waals surface area contributed by atoms with Gasteiger partial charge in [-0.15, -0.1) is 0 Å². The number of fused-ring (bicyclic) bond motifs is 1. The number of ether oxygens (including phenoxy) is 2. The Hall–Kier alpha value is -3.90. The average molecular weight is 502 g/mol. The molecule has 4 rings (SSSR count). The summed E-state index contributed by atoms with van der Waals surface area (Å²) in [5.41, 5.74) is 1.14. The Balaban J connectivity index is 1.65. The number of aryl methyl sites for hydroxylation is 1. The van der Waals surface area contributed by atoms with Gasteiger partial charge >= 0.3 is 6.18 Å². The Morgan fingerprint density at radius 3 is 2.51 bits per heavy atom. The van der Waals surface area contributed by atoms with E-state index in [0.29, 0.717) is 47.4 Å². The van der Waals surface area contributed by atoms with Crippen molar-refractivity contribution in [1.82, 2.24) is 4.57 Å². The van der Waals surface area contributed by atoms with Crippen molar-refractivity contribution in [3.05, 3.63) is 75.6 Å². The molecular weight excluding hydrogens is 483 g/mol. The summed E-state index contributed by atoms with van der Waals surface area (Å²) in [4.78, 5) is 12.8. The van der Waals surface area contributed by atoms with E-state index < -0.39 is 17.6 Å². The van der Waals surface area contributed by atoms with E-state index in [0.717, 1.165) is 12.1 Å². The van der Waals surface area contributed by atoms with Gasteiger partial charge in [-0.05, 0) is 61.9 Å². The van der Waals surface area contributed by atoms with Crippen molar-refractivity contribution in [2.24, 2.45) is 0 Å².